The number of benzene rings is 1. The van der Waals surface area contributed by atoms with E-state index in [0.717, 1.165) is 22.9 Å². The number of carbonyl (C=O) groups excluding carboxylic acids is 1. The summed E-state index contributed by atoms with van der Waals surface area (Å²) in [6.45, 7) is 4.96. The third kappa shape index (κ3) is 3.32. The van der Waals surface area contributed by atoms with Gasteiger partial charge in [-0.1, -0.05) is 32.8 Å². The van der Waals surface area contributed by atoms with Crippen molar-refractivity contribution in [2.45, 2.75) is 26.7 Å². The number of amides is 1. The molecule has 0 aliphatic heterocycles. The van der Waals surface area contributed by atoms with E-state index < -0.39 is 0 Å². The van der Waals surface area contributed by atoms with Gasteiger partial charge < -0.3 is 5.32 Å². The van der Waals surface area contributed by atoms with E-state index in [9.17, 15) is 9.18 Å². The van der Waals surface area contributed by atoms with E-state index in [-0.39, 0.29) is 11.7 Å². The number of hydrogen-bond donors (Lipinski definition) is 1. The van der Waals surface area contributed by atoms with Gasteiger partial charge >= 0.3 is 0 Å². The molecule has 0 aliphatic carbocycles. The number of fused-ring (bicyclic) bond motifs is 1. The first kappa shape index (κ1) is 14.0. The van der Waals surface area contributed by atoms with Crippen LogP contribution in [0.5, 0.6) is 0 Å². The van der Waals surface area contributed by atoms with Gasteiger partial charge in [0.25, 0.3) is 5.91 Å². The van der Waals surface area contributed by atoms with Gasteiger partial charge in [-0.25, -0.2) is 4.39 Å². The fourth-order valence-electron chi connectivity index (χ4n) is 2.02. The molecule has 0 atom stereocenters. The molecule has 1 aromatic heterocycles. The van der Waals surface area contributed by atoms with Crippen LogP contribution in [0.15, 0.2) is 24.3 Å². The van der Waals surface area contributed by atoms with Gasteiger partial charge in [-0.15, -0.1) is 11.3 Å². The molecule has 1 amide bonds. The van der Waals surface area contributed by atoms with Crippen LogP contribution in [0.4, 0.5) is 4.39 Å². The predicted octanol–water partition coefficient (Wildman–Crippen LogP) is 4.21. The number of carbonyl (C=O) groups is 1. The Morgan fingerprint density at radius 1 is 1.32 bits per heavy atom. The van der Waals surface area contributed by atoms with Crippen molar-refractivity contribution in [2.75, 3.05) is 6.54 Å². The Kier molecular flexibility index (Phi) is 4.53. The van der Waals surface area contributed by atoms with Gasteiger partial charge in [0.15, 0.2) is 0 Å². The summed E-state index contributed by atoms with van der Waals surface area (Å²) in [6.07, 6.45) is 2.13. The van der Waals surface area contributed by atoms with Gasteiger partial charge in [0, 0.05) is 11.2 Å². The first-order chi connectivity index (χ1) is 9.13. The number of halogens is 1. The van der Waals surface area contributed by atoms with Crippen molar-refractivity contribution in [2.24, 2.45) is 5.92 Å². The largest absolute Gasteiger partial charge is 0.351 e. The Bertz CT molecular complexity index is 575. The molecular weight excluding hydrogens is 261 g/mol. The van der Waals surface area contributed by atoms with Crippen LogP contribution in [0.2, 0.25) is 0 Å². The molecule has 0 radical (unpaired) electrons. The van der Waals surface area contributed by atoms with Gasteiger partial charge in [-0.3, -0.25) is 4.79 Å². The van der Waals surface area contributed by atoms with Crippen LogP contribution in [0.3, 0.4) is 0 Å². The maximum atomic E-state index is 13.1. The molecule has 0 saturated heterocycles. The standard InChI is InChI=1S/C15H18FNOS/c1-3-10(4-2)9-17-15(18)14-7-11-5-6-12(16)8-13(11)19-14/h5-8,10H,3-4,9H2,1-2H3,(H,17,18). The molecule has 2 aromatic rings. The summed E-state index contributed by atoms with van der Waals surface area (Å²) in [6, 6.07) is 6.42. The van der Waals surface area contributed by atoms with E-state index in [1.54, 1.807) is 6.07 Å². The van der Waals surface area contributed by atoms with Gasteiger partial charge in [0.05, 0.1) is 4.88 Å². The van der Waals surface area contributed by atoms with E-state index in [4.69, 9.17) is 0 Å². The Morgan fingerprint density at radius 3 is 2.74 bits per heavy atom. The zero-order chi connectivity index (χ0) is 13.8. The van der Waals surface area contributed by atoms with Crippen molar-refractivity contribution in [3.8, 4) is 0 Å². The molecule has 0 unspecified atom stereocenters. The van der Waals surface area contributed by atoms with Crippen LogP contribution < -0.4 is 5.32 Å². The number of hydrogen-bond acceptors (Lipinski definition) is 2. The number of rotatable bonds is 5. The van der Waals surface area contributed by atoms with Crippen molar-refractivity contribution in [3.05, 3.63) is 35.0 Å². The van der Waals surface area contributed by atoms with E-state index in [2.05, 4.69) is 19.2 Å². The lowest BCUT2D eigenvalue weighted by molar-refractivity contribution is 0.0950. The summed E-state index contributed by atoms with van der Waals surface area (Å²) >= 11 is 1.33. The third-order valence-electron chi connectivity index (χ3n) is 3.41. The van der Waals surface area contributed by atoms with Crippen LogP contribution in [0, 0.1) is 11.7 Å². The SMILES string of the molecule is CCC(CC)CNC(=O)c1cc2ccc(F)cc2s1. The van der Waals surface area contributed by atoms with Crippen LogP contribution in [0.1, 0.15) is 36.4 Å². The molecule has 2 nitrogen and oxygen atoms in total. The quantitative estimate of drug-likeness (QED) is 0.873. The highest BCUT2D eigenvalue weighted by Gasteiger charge is 2.12. The first-order valence-electron chi connectivity index (χ1n) is 6.61. The molecule has 102 valence electrons. The van der Waals surface area contributed by atoms with Gasteiger partial charge in [-0.2, -0.15) is 0 Å². The van der Waals surface area contributed by atoms with E-state index in [1.165, 1.54) is 23.5 Å². The molecule has 1 N–H and O–H groups in total. The smallest absolute Gasteiger partial charge is 0.261 e. The molecule has 4 heteroatoms. The van der Waals surface area contributed by atoms with Crippen LogP contribution in [-0.2, 0) is 0 Å². The predicted molar refractivity (Wildman–Crippen MR) is 78.2 cm³/mol. The number of thiophene rings is 1. The Hall–Kier alpha value is -1.42. The third-order valence-corrected chi connectivity index (χ3v) is 4.51. The van der Waals surface area contributed by atoms with E-state index in [1.807, 2.05) is 6.07 Å². The molecule has 0 saturated carbocycles. The average Bonchev–Trinajstić information content (AvgIpc) is 2.82. The van der Waals surface area contributed by atoms with Crippen LogP contribution in [0.25, 0.3) is 10.1 Å². The topological polar surface area (TPSA) is 29.1 Å². The van der Waals surface area contributed by atoms with Crippen molar-refractivity contribution in [1.82, 2.24) is 5.32 Å². The molecule has 0 aliphatic rings. The normalized spacial score (nSPS) is 11.2. The summed E-state index contributed by atoms with van der Waals surface area (Å²) in [5.41, 5.74) is 0. The first-order valence-corrected chi connectivity index (χ1v) is 7.43. The summed E-state index contributed by atoms with van der Waals surface area (Å²) < 4.78 is 13.9. The van der Waals surface area contributed by atoms with Crippen molar-refractivity contribution in [1.29, 1.82) is 0 Å². The maximum Gasteiger partial charge on any atom is 0.261 e. The molecule has 19 heavy (non-hydrogen) atoms. The molecular formula is C15H18FNOS. The van der Waals surface area contributed by atoms with E-state index >= 15 is 0 Å². The Labute approximate surface area is 116 Å². The maximum absolute atomic E-state index is 13.1. The molecule has 0 fully saturated rings. The summed E-state index contributed by atoms with van der Waals surface area (Å²) in [5, 5.41) is 3.87. The second kappa shape index (κ2) is 6.15. The highest BCUT2D eigenvalue weighted by atomic mass is 32.1. The highest BCUT2D eigenvalue weighted by molar-refractivity contribution is 7.20. The zero-order valence-electron chi connectivity index (χ0n) is 11.2. The summed E-state index contributed by atoms with van der Waals surface area (Å²) in [5.74, 6) is 0.197. The lowest BCUT2D eigenvalue weighted by atomic mass is 10.0. The molecule has 2 rings (SSSR count). The van der Waals surface area contributed by atoms with Crippen LogP contribution in [-0.4, -0.2) is 12.5 Å². The lowest BCUT2D eigenvalue weighted by Gasteiger charge is -2.12. The minimum atomic E-state index is -0.265. The minimum Gasteiger partial charge on any atom is -0.351 e. The van der Waals surface area contributed by atoms with Gasteiger partial charge in [0.1, 0.15) is 5.82 Å². The second-order valence-corrected chi connectivity index (χ2v) is 5.77. The summed E-state index contributed by atoms with van der Waals surface area (Å²) in [4.78, 5) is 12.7. The summed E-state index contributed by atoms with van der Waals surface area (Å²) in [7, 11) is 0. The lowest BCUT2D eigenvalue weighted by Crippen LogP contribution is -2.28. The van der Waals surface area contributed by atoms with Gasteiger partial charge in [-0.05, 0) is 29.5 Å². The van der Waals surface area contributed by atoms with Crippen molar-refractivity contribution in [3.63, 3.8) is 0 Å². The monoisotopic (exact) mass is 279 g/mol. The van der Waals surface area contributed by atoms with Gasteiger partial charge in [0.2, 0.25) is 0 Å². The zero-order valence-corrected chi connectivity index (χ0v) is 12.0. The molecule has 0 spiro atoms. The average molecular weight is 279 g/mol. The highest BCUT2D eigenvalue weighted by Crippen LogP contribution is 2.26. The van der Waals surface area contributed by atoms with E-state index in [0.29, 0.717) is 17.3 Å². The fraction of sp³-hybridized carbons (Fsp3) is 0.400. The Balaban J connectivity index is 2.09. The molecule has 1 aromatic carbocycles. The van der Waals surface area contributed by atoms with Crippen molar-refractivity contribution < 1.29 is 9.18 Å². The second-order valence-electron chi connectivity index (χ2n) is 4.69. The van der Waals surface area contributed by atoms with Crippen LogP contribution >= 0.6 is 11.3 Å². The minimum absolute atomic E-state index is 0.0616. The molecule has 0 bridgehead atoms. The number of nitrogens with one attached hydrogen (secondary N) is 1. The van der Waals surface area contributed by atoms with Crippen molar-refractivity contribution >= 4 is 27.3 Å². The Morgan fingerprint density at radius 2 is 2.05 bits per heavy atom. The molecule has 1 heterocycles. The fourth-order valence-corrected chi connectivity index (χ4v) is 3.02.